The minimum absolute atomic E-state index is 0.0830. The summed E-state index contributed by atoms with van der Waals surface area (Å²) in [5.41, 5.74) is 6.56. The number of fused-ring (bicyclic) bond motifs is 3. The first-order valence-electron chi connectivity index (χ1n) is 13.3. The fourth-order valence-corrected chi connectivity index (χ4v) is 5.10. The predicted molar refractivity (Wildman–Crippen MR) is 154 cm³/mol. The van der Waals surface area contributed by atoms with Gasteiger partial charge < -0.3 is 9.88 Å². The molecule has 0 saturated carbocycles. The lowest BCUT2D eigenvalue weighted by molar-refractivity contribution is -0.384. The number of para-hydroxylation sites is 1. The highest BCUT2D eigenvalue weighted by atomic mass is 16.6. The Labute approximate surface area is 217 Å². The molecule has 37 heavy (non-hydrogen) atoms. The number of unbranched alkanes of at least 4 members (excludes halogenated alkanes) is 5. The molecule has 0 unspecified atom stereocenters. The molecule has 4 aromatic carbocycles. The summed E-state index contributed by atoms with van der Waals surface area (Å²) in [6.45, 7) is 2.26. The molecule has 0 atom stereocenters. The number of non-ortho nitro benzene ring substituents is 1. The van der Waals surface area contributed by atoms with Crippen LogP contribution in [0.25, 0.3) is 21.8 Å². The van der Waals surface area contributed by atoms with Crippen molar-refractivity contribution in [1.82, 2.24) is 4.98 Å². The van der Waals surface area contributed by atoms with Crippen LogP contribution in [-0.2, 0) is 6.42 Å². The number of H-pyrrole nitrogens is 1. The van der Waals surface area contributed by atoms with E-state index in [0.717, 1.165) is 34.5 Å². The molecule has 0 aliphatic heterocycles. The maximum atomic E-state index is 11.2. The van der Waals surface area contributed by atoms with Crippen molar-refractivity contribution in [2.45, 2.75) is 51.9 Å². The van der Waals surface area contributed by atoms with Gasteiger partial charge in [-0.15, -0.1) is 0 Å². The summed E-state index contributed by atoms with van der Waals surface area (Å²) in [5.74, 6) is 0. The number of aryl methyl sites for hydroxylation is 1. The van der Waals surface area contributed by atoms with Crippen LogP contribution in [0.2, 0.25) is 0 Å². The third kappa shape index (κ3) is 5.51. The maximum Gasteiger partial charge on any atom is 0.269 e. The van der Waals surface area contributed by atoms with Crippen LogP contribution >= 0.6 is 0 Å². The second-order valence-corrected chi connectivity index (χ2v) is 9.70. The topological polar surface area (TPSA) is 62.2 Å². The van der Waals surface area contributed by atoms with Crippen molar-refractivity contribution in [3.63, 3.8) is 0 Å². The van der Waals surface area contributed by atoms with E-state index in [1.54, 1.807) is 24.3 Å². The van der Waals surface area contributed by atoms with E-state index in [2.05, 4.69) is 53.2 Å². The average Bonchev–Trinajstić information content (AvgIpc) is 3.29. The van der Waals surface area contributed by atoms with E-state index in [1.807, 2.05) is 30.3 Å². The Morgan fingerprint density at radius 1 is 0.703 bits per heavy atom. The smallest absolute Gasteiger partial charge is 0.269 e. The van der Waals surface area contributed by atoms with Crippen LogP contribution in [0.1, 0.15) is 51.0 Å². The fraction of sp³-hybridized carbons (Fsp3) is 0.250. The van der Waals surface area contributed by atoms with Crippen molar-refractivity contribution in [1.29, 1.82) is 0 Å². The largest absolute Gasteiger partial charge is 0.354 e. The molecule has 0 fully saturated rings. The van der Waals surface area contributed by atoms with Crippen LogP contribution in [0.4, 0.5) is 22.7 Å². The summed E-state index contributed by atoms with van der Waals surface area (Å²) in [6.07, 6.45) is 8.96. The highest BCUT2D eigenvalue weighted by Gasteiger charge is 2.15. The number of hydrogen-bond donors (Lipinski definition) is 1. The number of nitro benzene ring substituents is 1. The number of nitro groups is 1. The van der Waals surface area contributed by atoms with Gasteiger partial charge in [0.05, 0.1) is 4.92 Å². The number of rotatable bonds is 11. The summed E-state index contributed by atoms with van der Waals surface area (Å²) < 4.78 is 0. The molecule has 0 radical (unpaired) electrons. The Morgan fingerprint density at radius 3 is 2.05 bits per heavy atom. The van der Waals surface area contributed by atoms with Crippen molar-refractivity contribution in [3.05, 3.63) is 107 Å². The van der Waals surface area contributed by atoms with Gasteiger partial charge in [0, 0.05) is 51.0 Å². The fourth-order valence-electron chi connectivity index (χ4n) is 5.10. The zero-order valence-corrected chi connectivity index (χ0v) is 21.3. The Kier molecular flexibility index (Phi) is 7.50. The molecule has 1 heterocycles. The van der Waals surface area contributed by atoms with Gasteiger partial charge in [0.25, 0.3) is 5.69 Å². The lowest BCUT2D eigenvalue weighted by Crippen LogP contribution is -2.09. The lowest BCUT2D eigenvalue weighted by atomic mass is 10.0. The summed E-state index contributed by atoms with van der Waals surface area (Å²) >= 11 is 0. The molecule has 0 aliphatic carbocycles. The average molecular weight is 492 g/mol. The Balaban J connectivity index is 1.45. The van der Waals surface area contributed by atoms with Crippen LogP contribution in [0.15, 0.2) is 91.0 Å². The molecular formula is C32H33N3O2. The number of aromatic nitrogens is 1. The van der Waals surface area contributed by atoms with Gasteiger partial charge in [-0.2, -0.15) is 0 Å². The Bertz CT molecular complexity index is 1490. The van der Waals surface area contributed by atoms with E-state index in [-0.39, 0.29) is 10.6 Å². The van der Waals surface area contributed by atoms with E-state index in [1.165, 1.54) is 54.9 Å². The standard InChI is InChI=1S/C32H33N3O2/c1-2-3-4-5-6-8-11-24-14-20-29-30-21-19-28(23-32(30)33-31(29)22-24)34(25-12-9-7-10-13-25)26-15-17-27(18-16-26)35(36)37/h7,9-10,12-23,33H,2-6,8,11H2,1H3. The molecule has 0 amide bonds. The van der Waals surface area contributed by atoms with Crippen molar-refractivity contribution in [3.8, 4) is 0 Å². The summed E-state index contributed by atoms with van der Waals surface area (Å²) in [4.78, 5) is 16.6. The lowest BCUT2D eigenvalue weighted by Gasteiger charge is -2.25. The van der Waals surface area contributed by atoms with Gasteiger partial charge in [-0.25, -0.2) is 0 Å². The minimum Gasteiger partial charge on any atom is -0.354 e. The van der Waals surface area contributed by atoms with Crippen LogP contribution in [0.3, 0.4) is 0 Å². The molecule has 5 heteroatoms. The van der Waals surface area contributed by atoms with Gasteiger partial charge in [0.2, 0.25) is 0 Å². The molecule has 0 saturated heterocycles. The third-order valence-corrected chi connectivity index (χ3v) is 7.06. The first-order valence-corrected chi connectivity index (χ1v) is 13.3. The van der Waals surface area contributed by atoms with Gasteiger partial charge >= 0.3 is 0 Å². The zero-order chi connectivity index (χ0) is 25.6. The Hall–Kier alpha value is -4.12. The zero-order valence-electron chi connectivity index (χ0n) is 21.3. The highest BCUT2D eigenvalue weighted by molar-refractivity contribution is 6.08. The summed E-state index contributed by atoms with van der Waals surface area (Å²) in [7, 11) is 0. The van der Waals surface area contributed by atoms with Gasteiger partial charge in [0.15, 0.2) is 0 Å². The first-order chi connectivity index (χ1) is 18.1. The summed E-state index contributed by atoms with van der Waals surface area (Å²) in [5, 5.41) is 13.6. The van der Waals surface area contributed by atoms with E-state index in [4.69, 9.17) is 0 Å². The number of nitrogens with one attached hydrogen (secondary N) is 1. The molecule has 0 spiro atoms. The van der Waals surface area contributed by atoms with E-state index in [9.17, 15) is 10.1 Å². The number of hydrogen-bond acceptors (Lipinski definition) is 3. The van der Waals surface area contributed by atoms with Crippen LogP contribution < -0.4 is 4.90 Å². The molecule has 0 aliphatic rings. The summed E-state index contributed by atoms with van der Waals surface area (Å²) in [6, 6.07) is 30.0. The van der Waals surface area contributed by atoms with Gasteiger partial charge in [0.1, 0.15) is 0 Å². The van der Waals surface area contributed by atoms with E-state index < -0.39 is 0 Å². The Morgan fingerprint density at radius 2 is 1.32 bits per heavy atom. The molecule has 1 aromatic heterocycles. The monoisotopic (exact) mass is 491 g/mol. The molecule has 5 nitrogen and oxygen atoms in total. The van der Waals surface area contributed by atoms with Crippen molar-refractivity contribution in [2.75, 3.05) is 4.90 Å². The van der Waals surface area contributed by atoms with Gasteiger partial charge in [-0.1, -0.05) is 75.4 Å². The molecule has 5 rings (SSSR count). The number of nitrogens with zero attached hydrogens (tertiary/aromatic N) is 2. The molecular weight excluding hydrogens is 458 g/mol. The molecule has 0 bridgehead atoms. The first kappa shape index (κ1) is 24.6. The van der Waals surface area contributed by atoms with Gasteiger partial charge in [-0.3, -0.25) is 10.1 Å². The van der Waals surface area contributed by atoms with Crippen molar-refractivity contribution < 1.29 is 4.92 Å². The predicted octanol–water partition coefficient (Wildman–Crippen LogP) is 9.60. The highest BCUT2D eigenvalue weighted by Crippen LogP contribution is 2.38. The quantitative estimate of drug-likeness (QED) is 0.114. The van der Waals surface area contributed by atoms with Crippen molar-refractivity contribution in [2.24, 2.45) is 0 Å². The normalized spacial score (nSPS) is 11.3. The van der Waals surface area contributed by atoms with Gasteiger partial charge in [-0.05, 0) is 60.9 Å². The van der Waals surface area contributed by atoms with Crippen molar-refractivity contribution >= 4 is 44.6 Å². The SMILES string of the molecule is CCCCCCCCc1ccc2c(c1)[nH]c1cc(N(c3ccccc3)c3ccc([N+](=O)[O-])cc3)ccc12. The molecule has 1 N–H and O–H groups in total. The van der Waals surface area contributed by atoms with E-state index >= 15 is 0 Å². The second kappa shape index (κ2) is 11.3. The van der Waals surface area contributed by atoms with Crippen LogP contribution in [0.5, 0.6) is 0 Å². The number of aromatic amines is 1. The number of anilines is 3. The third-order valence-electron chi connectivity index (χ3n) is 7.06. The number of benzene rings is 4. The van der Waals surface area contributed by atoms with Crippen LogP contribution in [-0.4, -0.2) is 9.91 Å². The van der Waals surface area contributed by atoms with E-state index in [0.29, 0.717) is 0 Å². The molecule has 188 valence electrons. The minimum atomic E-state index is -0.367. The second-order valence-electron chi connectivity index (χ2n) is 9.70. The maximum absolute atomic E-state index is 11.2. The molecule has 5 aromatic rings. The van der Waals surface area contributed by atoms with Crippen LogP contribution in [0, 0.1) is 10.1 Å².